The Morgan fingerprint density at radius 1 is 1.00 bits per heavy atom. The number of rotatable bonds is 0. The Balaban J connectivity index is 1.72. The van der Waals surface area contributed by atoms with Gasteiger partial charge in [-0.1, -0.05) is 0 Å². The van der Waals surface area contributed by atoms with Crippen LogP contribution < -0.4 is 0 Å². The van der Waals surface area contributed by atoms with Gasteiger partial charge in [0, 0.05) is 0 Å². The highest BCUT2D eigenvalue weighted by Gasteiger charge is 3.19. The highest BCUT2D eigenvalue weighted by atomic mass is 15.2. The molecule has 9 unspecified atom stereocenters. The predicted octanol–water partition coefficient (Wildman–Crippen LogP) is 1.91. The maximum atomic E-state index is 1.71. The smallest absolute Gasteiger partial charge is 0.00998 e. The second-order valence-corrected chi connectivity index (χ2v) is 7.04. The second kappa shape index (κ2) is 0.723. The van der Waals surface area contributed by atoms with Crippen molar-refractivity contribution in [3.05, 3.63) is 0 Å². The Kier molecular flexibility index (Phi) is 0.270. The van der Waals surface area contributed by atoms with E-state index >= 15 is 0 Å². The lowest BCUT2D eigenvalue weighted by Crippen LogP contribution is -2.86. The average Bonchev–Trinajstić information content (AvgIpc) is 2.67. The van der Waals surface area contributed by atoms with Crippen molar-refractivity contribution in [3.63, 3.8) is 0 Å². The molecule has 0 saturated heterocycles. The van der Waals surface area contributed by atoms with Gasteiger partial charge in [-0.2, -0.15) is 0 Å². The molecule has 7 rings (SSSR count). The van der Waals surface area contributed by atoms with Crippen LogP contribution in [0.4, 0.5) is 0 Å². The van der Waals surface area contributed by atoms with E-state index in [9.17, 15) is 0 Å². The van der Waals surface area contributed by atoms with E-state index in [4.69, 9.17) is 0 Å². The molecule has 0 aromatic rings. The molecule has 0 aromatic carbocycles. The summed E-state index contributed by atoms with van der Waals surface area (Å²) in [4.78, 5) is 0. The lowest BCUT2D eigenvalue weighted by atomic mass is 9.13. The van der Waals surface area contributed by atoms with Crippen LogP contribution in [0, 0.1) is 51.8 Å². The van der Waals surface area contributed by atoms with Crippen LogP contribution in [-0.4, -0.2) is 0 Å². The molecule has 0 radical (unpaired) electrons. The van der Waals surface area contributed by atoms with Gasteiger partial charge < -0.3 is 0 Å². The Bertz CT molecular complexity index is 392. The molecule has 0 aliphatic heterocycles. The van der Waals surface area contributed by atoms with Gasteiger partial charge in [0.15, 0.2) is 0 Å². The van der Waals surface area contributed by atoms with Crippen LogP contribution >= 0.6 is 0 Å². The first kappa shape index (κ1) is 4.48. The number of hydrogen-bond donors (Lipinski definition) is 0. The lowest BCUT2D eigenvalue weighted by Gasteiger charge is -2.90. The Hall–Kier alpha value is 0. The van der Waals surface area contributed by atoms with Gasteiger partial charge >= 0.3 is 0 Å². The van der Waals surface area contributed by atoms with E-state index < -0.39 is 0 Å². The topological polar surface area (TPSA) is 0 Å². The molecule has 0 nitrogen and oxygen atoms in total. The van der Waals surface area contributed by atoms with Crippen LogP contribution in [-0.2, 0) is 0 Å². The van der Waals surface area contributed by atoms with E-state index in [0.717, 1.165) is 16.2 Å². The maximum absolute atomic E-state index is 1.71. The highest BCUT2D eigenvalue weighted by Crippen LogP contribution is 3.23. The second-order valence-electron chi connectivity index (χ2n) is 7.04. The summed E-state index contributed by atoms with van der Waals surface area (Å²) in [6.07, 6.45) is 5.08. The molecule has 7 aliphatic rings. The van der Waals surface area contributed by atoms with Crippen LogP contribution in [0.3, 0.4) is 0 Å². The van der Waals surface area contributed by atoms with Crippen molar-refractivity contribution in [2.45, 2.75) is 19.3 Å². The molecule has 7 fully saturated rings. The third-order valence-corrected chi connectivity index (χ3v) is 8.28. The average molecular weight is 156 g/mol. The van der Waals surface area contributed by atoms with E-state index in [1.165, 1.54) is 35.5 Å². The number of fused-ring (bicyclic) bond motifs is 3. The fraction of sp³-hybridized carbons (Fsp3) is 1.00. The normalized spacial score (nSPS) is 108. The molecule has 7 aliphatic carbocycles. The van der Waals surface area contributed by atoms with Crippen molar-refractivity contribution in [2.75, 3.05) is 0 Å². The van der Waals surface area contributed by atoms with E-state index in [1.54, 1.807) is 19.3 Å². The maximum Gasteiger partial charge on any atom is -0.00998 e. The van der Waals surface area contributed by atoms with Gasteiger partial charge in [0.1, 0.15) is 0 Å². The first-order valence-electron chi connectivity index (χ1n) is 5.92. The minimum Gasteiger partial charge on any atom is -0.0461 e. The van der Waals surface area contributed by atoms with Gasteiger partial charge in [-0.25, -0.2) is 0 Å². The summed E-state index contributed by atoms with van der Waals surface area (Å²) in [6, 6.07) is 0. The Morgan fingerprint density at radius 3 is 2.83 bits per heavy atom. The minimum absolute atomic E-state index is 1.09. The van der Waals surface area contributed by atoms with E-state index in [-0.39, 0.29) is 0 Å². The van der Waals surface area contributed by atoms with Crippen molar-refractivity contribution in [1.82, 2.24) is 0 Å². The first-order chi connectivity index (χ1) is 5.92. The summed E-state index contributed by atoms with van der Waals surface area (Å²) in [7, 11) is 0. The van der Waals surface area contributed by atoms with Crippen molar-refractivity contribution in [3.8, 4) is 0 Å². The van der Waals surface area contributed by atoms with Crippen molar-refractivity contribution < 1.29 is 0 Å². The zero-order valence-electron chi connectivity index (χ0n) is 7.09. The van der Waals surface area contributed by atoms with Crippen LogP contribution in [0.5, 0.6) is 0 Å². The molecule has 12 heavy (non-hydrogen) atoms. The standard InChI is InChI=1S/C12H12/c1-4-2-6-9-10-3-7(10)8-5(1)11(4,6)12(8,9)10/h4-9H,1-3H2. The summed E-state index contributed by atoms with van der Waals surface area (Å²) >= 11 is 0. The third-order valence-electron chi connectivity index (χ3n) is 8.28. The molecule has 9 atom stereocenters. The largest absolute Gasteiger partial charge is 0.0461 e. The van der Waals surface area contributed by atoms with Gasteiger partial charge in [-0.05, 0) is 71.0 Å². The third kappa shape index (κ3) is 0.123. The molecule has 7 saturated carbocycles. The number of hydrogen-bond acceptors (Lipinski definition) is 0. The van der Waals surface area contributed by atoms with Crippen LogP contribution in [0.25, 0.3) is 0 Å². The molecule has 0 bridgehead atoms. The van der Waals surface area contributed by atoms with Crippen molar-refractivity contribution in [2.24, 2.45) is 51.8 Å². The highest BCUT2D eigenvalue weighted by molar-refractivity contribution is 5.65. The van der Waals surface area contributed by atoms with E-state index in [0.29, 0.717) is 0 Å². The lowest BCUT2D eigenvalue weighted by molar-refractivity contribution is -0.437. The van der Waals surface area contributed by atoms with Gasteiger partial charge in [0.05, 0.1) is 0 Å². The molecule has 0 heteroatoms. The molecule has 0 amide bonds. The summed E-state index contributed by atoms with van der Waals surface area (Å²) in [5.74, 6) is 7.87. The monoisotopic (exact) mass is 156 g/mol. The summed E-state index contributed by atoms with van der Waals surface area (Å²) < 4.78 is 0. The summed E-state index contributed by atoms with van der Waals surface area (Å²) in [6.45, 7) is 0. The molecular formula is C12H12. The van der Waals surface area contributed by atoms with Gasteiger partial charge in [-0.15, -0.1) is 0 Å². The van der Waals surface area contributed by atoms with Crippen molar-refractivity contribution >= 4 is 0 Å². The van der Waals surface area contributed by atoms with Gasteiger partial charge in [0.2, 0.25) is 0 Å². The molecule has 0 heterocycles. The molecule has 0 aromatic heterocycles. The fourth-order valence-corrected chi connectivity index (χ4v) is 8.84. The predicted molar refractivity (Wildman–Crippen MR) is 42.1 cm³/mol. The molecular weight excluding hydrogens is 144 g/mol. The first-order valence-corrected chi connectivity index (χ1v) is 5.92. The van der Waals surface area contributed by atoms with E-state index in [2.05, 4.69) is 0 Å². The molecule has 60 valence electrons. The summed E-state index contributed by atoms with van der Waals surface area (Å²) in [5, 5.41) is 0. The zero-order valence-corrected chi connectivity index (χ0v) is 7.09. The summed E-state index contributed by atoms with van der Waals surface area (Å²) in [5.41, 5.74) is 3.30. The van der Waals surface area contributed by atoms with Crippen molar-refractivity contribution in [1.29, 1.82) is 0 Å². The minimum atomic E-state index is 1.09. The van der Waals surface area contributed by atoms with Gasteiger partial charge in [0.25, 0.3) is 0 Å². The quantitative estimate of drug-likeness (QED) is 0.502. The fourth-order valence-electron chi connectivity index (χ4n) is 8.84. The van der Waals surface area contributed by atoms with Crippen LogP contribution in [0.15, 0.2) is 0 Å². The Morgan fingerprint density at radius 2 is 1.92 bits per heavy atom. The van der Waals surface area contributed by atoms with Crippen LogP contribution in [0.2, 0.25) is 0 Å². The van der Waals surface area contributed by atoms with Crippen LogP contribution in [0.1, 0.15) is 19.3 Å². The molecule has 3 spiro atoms. The van der Waals surface area contributed by atoms with Gasteiger partial charge in [-0.3, -0.25) is 0 Å². The molecule has 0 N–H and O–H groups in total. The van der Waals surface area contributed by atoms with E-state index in [1.807, 2.05) is 0 Å². The Labute approximate surface area is 71.7 Å². The zero-order chi connectivity index (χ0) is 7.09. The SMILES string of the molecule is C1C2CC3C4C56CC5C5C1C23C546.